The maximum absolute atomic E-state index is 12.0. The van der Waals surface area contributed by atoms with Crippen LogP contribution in [0.25, 0.3) is 11.0 Å². The summed E-state index contributed by atoms with van der Waals surface area (Å²) in [5.74, 6) is 0.0301. The van der Waals surface area contributed by atoms with Gasteiger partial charge < -0.3 is 15.2 Å². The van der Waals surface area contributed by atoms with Crippen LogP contribution < -0.4 is 5.73 Å². The van der Waals surface area contributed by atoms with Crippen LogP contribution in [-0.4, -0.2) is 36.1 Å². The highest BCUT2D eigenvalue weighted by molar-refractivity contribution is 5.86. The quantitative estimate of drug-likeness (QED) is 0.861. The monoisotopic (exact) mass is 247 g/mol. The van der Waals surface area contributed by atoms with Crippen LogP contribution in [0.2, 0.25) is 0 Å². The van der Waals surface area contributed by atoms with Crippen molar-refractivity contribution in [2.24, 2.45) is 5.73 Å². The second kappa shape index (κ2) is 5.64. The molecule has 0 aliphatic rings. The number of nitrogens with zero attached hydrogens (tertiary/aromatic N) is 2. The zero-order valence-corrected chi connectivity index (χ0v) is 10.4. The molecule has 0 unspecified atom stereocenters. The van der Waals surface area contributed by atoms with E-state index in [2.05, 4.69) is 5.16 Å². The molecule has 0 aliphatic heterocycles. The first-order valence-corrected chi connectivity index (χ1v) is 5.99. The number of likely N-dealkylation sites (N-methyl/N-ethyl adjacent to an activating group) is 1. The molecule has 0 radical (unpaired) electrons. The summed E-state index contributed by atoms with van der Waals surface area (Å²) in [6.45, 7) is 1.26. The number of aromatic nitrogens is 1. The summed E-state index contributed by atoms with van der Waals surface area (Å²) in [6.07, 6.45) is 1.07. The van der Waals surface area contributed by atoms with Crippen LogP contribution in [0, 0.1) is 0 Å². The van der Waals surface area contributed by atoms with Crippen LogP contribution in [-0.2, 0) is 11.2 Å². The molecule has 0 aliphatic carbocycles. The molecule has 0 fully saturated rings. The van der Waals surface area contributed by atoms with Crippen LogP contribution in [0.15, 0.2) is 28.8 Å². The number of carbonyl (C=O) groups is 1. The Balaban J connectivity index is 2.07. The molecular formula is C13H17N3O2. The number of nitrogens with two attached hydrogens (primary N) is 1. The Bertz CT molecular complexity index is 536. The first-order valence-electron chi connectivity index (χ1n) is 5.99. The van der Waals surface area contributed by atoms with Crippen molar-refractivity contribution in [2.45, 2.75) is 12.8 Å². The third-order valence-corrected chi connectivity index (χ3v) is 2.89. The average molecular weight is 247 g/mol. The van der Waals surface area contributed by atoms with Crippen LogP contribution in [0.1, 0.15) is 12.1 Å². The van der Waals surface area contributed by atoms with E-state index >= 15 is 0 Å². The van der Waals surface area contributed by atoms with Crippen molar-refractivity contribution < 1.29 is 9.32 Å². The predicted octanol–water partition coefficient (Wildman–Crippen LogP) is 1.18. The van der Waals surface area contributed by atoms with Gasteiger partial charge in [0.25, 0.3) is 0 Å². The molecule has 0 bridgehead atoms. The van der Waals surface area contributed by atoms with Crippen LogP contribution in [0.3, 0.4) is 0 Å². The summed E-state index contributed by atoms with van der Waals surface area (Å²) in [6, 6.07) is 7.54. The lowest BCUT2D eigenvalue weighted by molar-refractivity contribution is -0.129. The van der Waals surface area contributed by atoms with Gasteiger partial charge in [-0.05, 0) is 25.1 Å². The molecule has 0 atom stereocenters. The van der Waals surface area contributed by atoms with E-state index in [1.807, 2.05) is 24.3 Å². The van der Waals surface area contributed by atoms with Crippen molar-refractivity contribution >= 4 is 16.9 Å². The lowest BCUT2D eigenvalue weighted by Crippen LogP contribution is -2.30. The lowest BCUT2D eigenvalue weighted by Gasteiger charge is -2.15. The molecule has 2 aromatic rings. The van der Waals surface area contributed by atoms with E-state index in [0.717, 1.165) is 11.8 Å². The molecule has 5 heteroatoms. The molecule has 96 valence electrons. The number of carbonyl (C=O) groups excluding carboxylic acids is 1. The summed E-state index contributed by atoms with van der Waals surface area (Å²) in [5, 5.41) is 4.85. The Morgan fingerprint density at radius 3 is 3.00 bits per heavy atom. The van der Waals surface area contributed by atoms with Crippen molar-refractivity contribution in [1.29, 1.82) is 0 Å². The maximum Gasteiger partial charge on any atom is 0.228 e. The number of amides is 1. The van der Waals surface area contributed by atoms with Gasteiger partial charge in [-0.2, -0.15) is 0 Å². The highest BCUT2D eigenvalue weighted by atomic mass is 16.5. The summed E-state index contributed by atoms with van der Waals surface area (Å²) in [5.41, 5.74) is 6.82. The van der Waals surface area contributed by atoms with Gasteiger partial charge in [0.05, 0.1) is 6.42 Å². The SMILES string of the molecule is CN(CCCN)C(=O)Cc1noc2ccccc12. The van der Waals surface area contributed by atoms with Crippen LogP contribution >= 0.6 is 0 Å². The number of rotatable bonds is 5. The van der Waals surface area contributed by atoms with E-state index in [-0.39, 0.29) is 12.3 Å². The fourth-order valence-corrected chi connectivity index (χ4v) is 1.80. The summed E-state index contributed by atoms with van der Waals surface area (Å²) in [7, 11) is 1.78. The summed E-state index contributed by atoms with van der Waals surface area (Å²) < 4.78 is 5.17. The minimum absolute atomic E-state index is 0.0301. The fraction of sp³-hybridized carbons (Fsp3) is 0.385. The van der Waals surface area contributed by atoms with E-state index in [0.29, 0.717) is 24.4 Å². The zero-order chi connectivity index (χ0) is 13.0. The number of benzene rings is 1. The number of para-hydroxylation sites is 1. The Morgan fingerprint density at radius 2 is 2.22 bits per heavy atom. The Kier molecular flexibility index (Phi) is 3.94. The number of hydrogen-bond acceptors (Lipinski definition) is 4. The third kappa shape index (κ3) is 2.68. The minimum Gasteiger partial charge on any atom is -0.356 e. The second-order valence-electron chi connectivity index (χ2n) is 4.26. The highest BCUT2D eigenvalue weighted by Crippen LogP contribution is 2.18. The third-order valence-electron chi connectivity index (χ3n) is 2.89. The number of hydrogen-bond donors (Lipinski definition) is 1. The molecule has 1 heterocycles. The van der Waals surface area contributed by atoms with Crippen molar-refractivity contribution in [2.75, 3.05) is 20.1 Å². The Labute approximate surface area is 106 Å². The van der Waals surface area contributed by atoms with E-state index in [4.69, 9.17) is 10.3 Å². The molecule has 1 amide bonds. The second-order valence-corrected chi connectivity index (χ2v) is 4.26. The van der Waals surface area contributed by atoms with Crippen LogP contribution in [0.4, 0.5) is 0 Å². The van der Waals surface area contributed by atoms with Gasteiger partial charge in [-0.15, -0.1) is 0 Å². The smallest absolute Gasteiger partial charge is 0.228 e. The predicted molar refractivity (Wildman–Crippen MR) is 69.0 cm³/mol. The topological polar surface area (TPSA) is 72.4 Å². The minimum atomic E-state index is 0.0301. The highest BCUT2D eigenvalue weighted by Gasteiger charge is 2.14. The average Bonchev–Trinajstić information content (AvgIpc) is 2.79. The van der Waals surface area contributed by atoms with Gasteiger partial charge in [-0.25, -0.2) is 0 Å². The van der Waals surface area contributed by atoms with Gasteiger partial charge in [0, 0.05) is 19.0 Å². The molecule has 2 rings (SSSR count). The molecule has 0 saturated heterocycles. The molecule has 2 N–H and O–H groups in total. The van der Waals surface area contributed by atoms with Crippen molar-refractivity contribution in [1.82, 2.24) is 10.1 Å². The van der Waals surface area contributed by atoms with Gasteiger partial charge in [0.1, 0.15) is 5.69 Å². The Morgan fingerprint density at radius 1 is 1.44 bits per heavy atom. The van der Waals surface area contributed by atoms with Crippen molar-refractivity contribution in [3.05, 3.63) is 30.0 Å². The first kappa shape index (κ1) is 12.6. The molecule has 0 saturated carbocycles. The van der Waals surface area contributed by atoms with Crippen molar-refractivity contribution in [3.8, 4) is 0 Å². The molecule has 1 aromatic carbocycles. The van der Waals surface area contributed by atoms with Crippen LogP contribution in [0.5, 0.6) is 0 Å². The molecule has 5 nitrogen and oxygen atoms in total. The van der Waals surface area contributed by atoms with E-state index in [1.165, 1.54) is 0 Å². The first-order chi connectivity index (χ1) is 8.72. The molecule has 0 spiro atoms. The van der Waals surface area contributed by atoms with E-state index < -0.39 is 0 Å². The molecular weight excluding hydrogens is 230 g/mol. The van der Waals surface area contributed by atoms with E-state index in [9.17, 15) is 4.79 Å². The number of fused-ring (bicyclic) bond motifs is 1. The van der Waals surface area contributed by atoms with E-state index in [1.54, 1.807) is 11.9 Å². The van der Waals surface area contributed by atoms with Gasteiger partial charge in [0.2, 0.25) is 5.91 Å². The lowest BCUT2D eigenvalue weighted by atomic mass is 10.1. The largest absolute Gasteiger partial charge is 0.356 e. The van der Waals surface area contributed by atoms with Gasteiger partial charge >= 0.3 is 0 Å². The summed E-state index contributed by atoms with van der Waals surface area (Å²) >= 11 is 0. The van der Waals surface area contributed by atoms with Crippen molar-refractivity contribution in [3.63, 3.8) is 0 Å². The van der Waals surface area contributed by atoms with Gasteiger partial charge in [-0.1, -0.05) is 17.3 Å². The zero-order valence-electron chi connectivity index (χ0n) is 10.4. The normalized spacial score (nSPS) is 10.8. The Hall–Kier alpha value is -1.88. The van der Waals surface area contributed by atoms with Gasteiger partial charge in [-0.3, -0.25) is 4.79 Å². The molecule has 18 heavy (non-hydrogen) atoms. The molecule has 1 aromatic heterocycles. The fourth-order valence-electron chi connectivity index (χ4n) is 1.80. The maximum atomic E-state index is 12.0. The standard InChI is InChI=1S/C13H17N3O2/c1-16(8-4-7-14)13(17)9-11-10-5-2-3-6-12(10)18-15-11/h2-3,5-6H,4,7-9,14H2,1H3. The van der Waals surface area contributed by atoms with Gasteiger partial charge in [0.15, 0.2) is 5.58 Å². The summed E-state index contributed by atoms with van der Waals surface area (Å²) in [4.78, 5) is 13.6.